The molecule has 0 aliphatic rings. The van der Waals surface area contributed by atoms with Crippen molar-refractivity contribution in [3.63, 3.8) is 0 Å². The Bertz CT molecular complexity index is 1410. The average molecular weight is 538 g/mol. The molecule has 39 heavy (non-hydrogen) atoms. The molecule has 0 bridgehead atoms. The second kappa shape index (κ2) is 13.4. The molecule has 0 aliphatic carbocycles. The number of hydrogen-bond donors (Lipinski definition) is 3. The summed E-state index contributed by atoms with van der Waals surface area (Å²) in [7, 11) is 4.45. The van der Waals surface area contributed by atoms with Crippen molar-refractivity contribution in [3.05, 3.63) is 64.6 Å². The zero-order chi connectivity index (χ0) is 28.5. The summed E-state index contributed by atoms with van der Waals surface area (Å²) < 4.78 is 6.06. The maximum absolute atomic E-state index is 13.2. The SMILES string of the molecule is COC(=O)NC(CC/C=C/C(=O)N(C)C)C(=O)Nc1cccn(Cc2nc3c(CC(C)C)nccc3[nH]2)c1=O. The van der Waals surface area contributed by atoms with E-state index in [0.29, 0.717) is 18.2 Å². The Labute approximate surface area is 226 Å². The summed E-state index contributed by atoms with van der Waals surface area (Å²) >= 11 is 0. The van der Waals surface area contributed by atoms with E-state index in [9.17, 15) is 19.2 Å². The van der Waals surface area contributed by atoms with Crippen LogP contribution in [-0.2, 0) is 27.3 Å². The van der Waals surface area contributed by atoms with Gasteiger partial charge in [0.25, 0.3) is 5.56 Å². The minimum Gasteiger partial charge on any atom is -0.453 e. The van der Waals surface area contributed by atoms with Gasteiger partial charge < -0.3 is 29.8 Å². The normalized spacial score (nSPS) is 12.1. The molecular formula is C27H35N7O5. The minimum absolute atomic E-state index is 0.0516. The van der Waals surface area contributed by atoms with Crippen LogP contribution in [0, 0.1) is 5.92 Å². The van der Waals surface area contributed by atoms with Crippen LogP contribution in [0.4, 0.5) is 10.5 Å². The van der Waals surface area contributed by atoms with Crippen LogP contribution in [0.15, 0.2) is 47.5 Å². The van der Waals surface area contributed by atoms with Crippen LogP contribution in [-0.4, -0.2) is 69.6 Å². The van der Waals surface area contributed by atoms with Gasteiger partial charge in [0.2, 0.25) is 11.8 Å². The van der Waals surface area contributed by atoms with Crippen molar-refractivity contribution in [2.75, 3.05) is 26.5 Å². The fourth-order valence-corrected chi connectivity index (χ4v) is 3.86. The highest BCUT2D eigenvalue weighted by Crippen LogP contribution is 2.18. The summed E-state index contributed by atoms with van der Waals surface area (Å²) in [5.74, 6) is 0.215. The lowest BCUT2D eigenvalue weighted by molar-refractivity contribution is -0.123. The molecule has 0 spiro atoms. The van der Waals surface area contributed by atoms with E-state index in [1.54, 1.807) is 38.6 Å². The monoisotopic (exact) mass is 537 g/mol. The number of alkyl carbamates (subject to hydrolysis) is 1. The molecule has 0 aromatic carbocycles. The molecule has 3 rings (SSSR count). The number of fused-ring (bicyclic) bond motifs is 1. The highest BCUT2D eigenvalue weighted by molar-refractivity contribution is 5.96. The molecule has 3 amide bonds. The number of amides is 3. The van der Waals surface area contributed by atoms with Crippen molar-refractivity contribution in [2.45, 2.75) is 45.7 Å². The number of aromatic nitrogens is 4. The van der Waals surface area contributed by atoms with Gasteiger partial charge in [0.05, 0.1) is 24.9 Å². The number of allylic oxidation sites excluding steroid dienone is 1. The number of rotatable bonds is 11. The maximum Gasteiger partial charge on any atom is 0.407 e. The number of carbonyl (C=O) groups excluding carboxylic acids is 3. The largest absolute Gasteiger partial charge is 0.453 e. The standard InChI is InChI=1S/C27H35N7O5/c1-17(2)15-21-24-18(12-13-28-21)29-22(32-24)16-34-14-8-10-20(26(34)37)30-25(36)19(31-27(38)39-5)9-6-7-11-23(35)33(3)4/h7-8,10-14,17,19H,6,9,15-16H2,1-5H3,(H,29,32)(H,30,36)(H,31,38)/b11-7+. The van der Waals surface area contributed by atoms with Gasteiger partial charge in [-0.3, -0.25) is 19.4 Å². The zero-order valence-corrected chi connectivity index (χ0v) is 22.9. The Morgan fingerprint density at radius 1 is 1.23 bits per heavy atom. The zero-order valence-electron chi connectivity index (χ0n) is 22.9. The van der Waals surface area contributed by atoms with E-state index in [1.165, 1.54) is 28.7 Å². The smallest absolute Gasteiger partial charge is 0.407 e. The molecule has 0 saturated heterocycles. The summed E-state index contributed by atoms with van der Waals surface area (Å²) in [6, 6.07) is 3.98. The number of anilines is 1. The Kier molecular flexibility index (Phi) is 9.96. The number of imidazole rings is 1. The number of nitrogens with one attached hydrogen (secondary N) is 3. The van der Waals surface area contributed by atoms with Gasteiger partial charge in [-0.05, 0) is 49.5 Å². The second-order valence-electron chi connectivity index (χ2n) is 9.68. The number of pyridine rings is 2. The van der Waals surface area contributed by atoms with Crippen LogP contribution in [0.25, 0.3) is 11.0 Å². The van der Waals surface area contributed by atoms with Crippen molar-refractivity contribution in [1.82, 2.24) is 29.7 Å². The fourth-order valence-electron chi connectivity index (χ4n) is 3.86. The number of hydrogen-bond acceptors (Lipinski definition) is 7. The molecule has 3 aromatic rings. The molecule has 12 nitrogen and oxygen atoms in total. The van der Waals surface area contributed by atoms with Crippen LogP contribution in [0.1, 0.15) is 38.2 Å². The first-order valence-corrected chi connectivity index (χ1v) is 12.6. The lowest BCUT2D eigenvalue weighted by Gasteiger charge is -2.17. The fraction of sp³-hybridized carbons (Fsp3) is 0.407. The molecule has 208 valence electrons. The van der Waals surface area contributed by atoms with Gasteiger partial charge in [-0.25, -0.2) is 9.78 Å². The number of methoxy groups -OCH3 is 1. The highest BCUT2D eigenvalue weighted by Gasteiger charge is 2.22. The van der Waals surface area contributed by atoms with Crippen LogP contribution in [0.5, 0.6) is 0 Å². The van der Waals surface area contributed by atoms with E-state index in [1.807, 2.05) is 6.07 Å². The maximum atomic E-state index is 13.2. The number of aromatic amines is 1. The van der Waals surface area contributed by atoms with Crippen molar-refractivity contribution in [1.29, 1.82) is 0 Å². The Balaban J connectivity index is 1.75. The average Bonchev–Trinajstić information content (AvgIpc) is 3.31. The van der Waals surface area contributed by atoms with Crippen molar-refractivity contribution in [3.8, 4) is 0 Å². The summed E-state index contributed by atoms with van der Waals surface area (Å²) in [5, 5.41) is 5.08. The number of carbonyl (C=O) groups is 3. The van der Waals surface area contributed by atoms with Gasteiger partial charge >= 0.3 is 6.09 Å². The quantitative estimate of drug-likeness (QED) is 0.318. The van der Waals surface area contributed by atoms with Gasteiger partial charge in [-0.15, -0.1) is 0 Å². The summed E-state index contributed by atoms with van der Waals surface area (Å²) in [6.07, 6.45) is 6.87. The van der Waals surface area contributed by atoms with E-state index < -0.39 is 23.6 Å². The molecule has 0 aliphatic heterocycles. The molecular weight excluding hydrogens is 502 g/mol. The predicted octanol–water partition coefficient (Wildman–Crippen LogP) is 2.45. The molecule has 1 atom stereocenters. The predicted molar refractivity (Wildman–Crippen MR) is 147 cm³/mol. The van der Waals surface area contributed by atoms with Gasteiger partial charge in [0.1, 0.15) is 23.1 Å². The third-order valence-corrected chi connectivity index (χ3v) is 5.84. The van der Waals surface area contributed by atoms with Crippen molar-refractivity contribution >= 4 is 34.6 Å². The van der Waals surface area contributed by atoms with Gasteiger partial charge in [-0.2, -0.15) is 0 Å². The second-order valence-corrected chi connectivity index (χ2v) is 9.68. The first-order chi connectivity index (χ1) is 18.6. The highest BCUT2D eigenvalue weighted by atomic mass is 16.5. The molecule has 0 fully saturated rings. The van der Waals surface area contributed by atoms with Crippen LogP contribution >= 0.6 is 0 Å². The summed E-state index contributed by atoms with van der Waals surface area (Å²) in [6.45, 7) is 4.38. The van der Waals surface area contributed by atoms with E-state index in [4.69, 9.17) is 0 Å². The number of H-pyrrole nitrogens is 1. The van der Waals surface area contributed by atoms with Crippen LogP contribution < -0.4 is 16.2 Å². The van der Waals surface area contributed by atoms with Gasteiger partial charge in [0, 0.05) is 26.5 Å². The summed E-state index contributed by atoms with van der Waals surface area (Å²) in [4.78, 5) is 63.5. The van der Waals surface area contributed by atoms with Crippen LogP contribution in [0.2, 0.25) is 0 Å². The molecule has 0 radical (unpaired) electrons. The van der Waals surface area contributed by atoms with Crippen molar-refractivity contribution < 1.29 is 19.1 Å². The third kappa shape index (κ3) is 8.00. The number of nitrogens with zero attached hydrogens (tertiary/aromatic N) is 4. The van der Waals surface area contributed by atoms with E-state index in [-0.39, 0.29) is 24.6 Å². The number of likely N-dealkylation sites (N-methyl/N-ethyl adjacent to an activating group) is 1. The molecule has 12 heteroatoms. The van der Waals surface area contributed by atoms with E-state index in [0.717, 1.165) is 23.1 Å². The first-order valence-electron chi connectivity index (χ1n) is 12.6. The lowest BCUT2D eigenvalue weighted by Crippen LogP contribution is -2.44. The molecule has 3 N–H and O–H groups in total. The third-order valence-electron chi connectivity index (χ3n) is 5.84. The van der Waals surface area contributed by atoms with Crippen LogP contribution in [0.3, 0.4) is 0 Å². The van der Waals surface area contributed by atoms with Gasteiger partial charge in [-0.1, -0.05) is 19.9 Å². The minimum atomic E-state index is -0.994. The molecule has 0 saturated carbocycles. The molecule has 3 aromatic heterocycles. The van der Waals surface area contributed by atoms with E-state index in [2.05, 4.69) is 44.2 Å². The Hall–Kier alpha value is -4.48. The molecule has 3 heterocycles. The molecule has 1 unspecified atom stereocenters. The Morgan fingerprint density at radius 3 is 2.69 bits per heavy atom. The lowest BCUT2D eigenvalue weighted by atomic mass is 10.1. The Morgan fingerprint density at radius 2 is 2.00 bits per heavy atom. The first kappa shape index (κ1) is 29.1. The van der Waals surface area contributed by atoms with Crippen molar-refractivity contribution in [2.24, 2.45) is 5.92 Å². The summed E-state index contributed by atoms with van der Waals surface area (Å²) in [5.41, 5.74) is 2.13. The van der Waals surface area contributed by atoms with Gasteiger partial charge in [0.15, 0.2) is 0 Å². The number of ether oxygens (including phenoxy) is 1. The van der Waals surface area contributed by atoms with E-state index >= 15 is 0 Å². The topological polar surface area (TPSA) is 151 Å².